The molecular formula is C15H15BrOS. The second-order valence-electron chi connectivity index (χ2n) is 3.90. The van der Waals surface area contributed by atoms with Gasteiger partial charge >= 0.3 is 0 Å². The molecule has 0 bridgehead atoms. The topological polar surface area (TPSA) is 9.23 Å². The van der Waals surface area contributed by atoms with E-state index in [9.17, 15) is 0 Å². The highest BCUT2D eigenvalue weighted by atomic mass is 79.9. The van der Waals surface area contributed by atoms with Crippen LogP contribution >= 0.6 is 27.7 Å². The number of rotatable bonds is 4. The van der Waals surface area contributed by atoms with Crippen molar-refractivity contribution in [1.29, 1.82) is 0 Å². The molecule has 18 heavy (non-hydrogen) atoms. The molecule has 0 spiro atoms. The molecule has 94 valence electrons. The third kappa shape index (κ3) is 3.30. The van der Waals surface area contributed by atoms with Gasteiger partial charge in [0, 0.05) is 14.3 Å². The molecule has 2 aromatic carbocycles. The van der Waals surface area contributed by atoms with Crippen LogP contribution in [0.15, 0.2) is 56.7 Å². The van der Waals surface area contributed by atoms with Gasteiger partial charge in [-0.1, -0.05) is 24.8 Å². The highest BCUT2D eigenvalue weighted by molar-refractivity contribution is 9.10. The largest absolute Gasteiger partial charge is 0.497 e. The van der Waals surface area contributed by atoms with E-state index in [0.717, 1.165) is 16.6 Å². The van der Waals surface area contributed by atoms with Crippen LogP contribution in [-0.4, -0.2) is 7.11 Å². The number of halogens is 1. The van der Waals surface area contributed by atoms with Crippen LogP contribution in [0.5, 0.6) is 5.75 Å². The molecule has 1 nitrogen and oxygen atoms in total. The number of ether oxygens (including phenoxy) is 1. The van der Waals surface area contributed by atoms with Crippen molar-refractivity contribution in [1.82, 2.24) is 0 Å². The van der Waals surface area contributed by atoms with Crippen molar-refractivity contribution in [3.8, 4) is 5.75 Å². The van der Waals surface area contributed by atoms with Crippen LogP contribution < -0.4 is 4.74 Å². The van der Waals surface area contributed by atoms with E-state index in [0.29, 0.717) is 0 Å². The van der Waals surface area contributed by atoms with Gasteiger partial charge in [-0.2, -0.15) is 0 Å². The van der Waals surface area contributed by atoms with Crippen LogP contribution in [-0.2, 0) is 6.42 Å². The van der Waals surface area contributed by atoms with E-state index in [1.807, 2.05) is 12.1 Å². The fourth-order valence-corrected chi connectivity index (χ4v) is 3.11. The highest BCUT2D eigenvalue weighted by Crippen LogP contribution is 2.34. The van der Waals surface area contributed by atoms with E-state index in [1.165, 1.54) is 15.4 Å². The van der Waals surface area contributed by atoms with Crippen molar-refractivity contribution in [2.24, 2.45) is 0 Å². The number of hydrogen-bond donors (Lipinski definition) is 0. The summed E-state index contributed by atoms with van der Waals surface area (Å²) in [6, 6.07) is 14.6. The lowest BCUT2D eigenvalue weighted by Gasteiger charge is -2.07. The quantitative estimate of drug-likeness (QED) is 0.767. The molecule has 0 aliphatic heterocycles. The van der Waals surface area contributed by atoms with Crippen LogP contribution in [0.1, 0.15) is 12.5 Å². The third-order valence-corrected chi connectivity index (χ3v) is 4.69. The average Bonchev–Trinajstić information content (AvgIpc) is 2.42. The fraction of sp³-hybridized carbons (Fsp3) is 0.200. The van der Waals surface area contributed by atoms with E-state index in [1.54, 1.807) is 18.9 Å². The van der Waals surface area contributed by atoms with Gasteiger partial charge in [0.05, 0.1) is 7.11 Å². The van der Waals surface area contributed by atoms with Crippen molar-refractivity contribution in [3.63, 3.8) is 0 Å². The first-order chi connectivity index (χ1) is 8.72. The molecule has 2 rings (SSSR count). The van der Waals surface area contributed by atoms with Crippen molar-refractivity contribution in [2.75, 3.05) is 7.11 Å². The summed E-state index contributed by atoms with van der Waals surface area (Å²) < 4.78 is 6.31. The standard InChI is InChI=1S/C15H15BrOS/c1-3-11-4-9-15(14(16)10-11)18-13-7-5-12(17-2)6-8-13/h4-10H,3H2,1-2H3. The molecule has 0 aliphatic carbocycles. The highest BCUT2D eigenvalue weighted by Gasteiger charge is 2.03. The Morgan fingerprint density at radius 3 is 2.39 bits per heavy atom. The van der Waals surface area contributed by atoms with Gasteiger partial charge in [-0.15, -0.1) is 0 Å². The lowest BCUT2D eigenvalue weighted by Crippen LogP contribution is -1.83. The Bertz CT molecular complexity index is 523. The molecule has 2 aromatic rings. The number of benzene rings is 2. The Kier molecular flexibility index (Phi) is 4.72. The third-order valence-electron chi connectivity index (χ3n) is 2.69. The van der Waals surface area contributed by atoms with Crippen molar-refractivity contribution in [2.45, 2.75) is 23.1 Å². The van der Waals surface area contributed by atoms with Crippen molar-refractivity contribution in [3.05, 3.63) is 52.5 Å². The first-order valence-corrected chi connectivity index (χ1v) is 7.44. The van der Waals surface area contributed by atoms with Gasteiger partial charge in [0.25, 0.3) is 0 Å². The van der Waals surface area contributed by atoms with Crippen molar-refractivity contribution < 1.29 is 4.74 Å². The zero-order chi connectivity index (χ0) is 13.0. The molecule has 0 radical (unpaired) electrons. The predicted molar refractivity (Wildman–Crippen MR) is 80.6 cm³/mol. The summed E-state index contributed by atoms with van der Waals surface area (Å²) in [6.45, 7) is 2.16. The molecule has 0 atom stereocenters. The molecule has 0 aliphatic rings. The molecular weight excluding hydrogens is 308 g/mol. The van der Waals surface area contributed by atoms with Gasteiger partial charge in [0.1, 0.15) is 5.75 Å². The maximum atomic E-state index is 5.15. The Balaban J connectivity index is 2.17. The maximum absolute atomic E-state index is 5.15. The Morgan fingerprint density at radius 1 is 1.11 bits per heavy atom. The first-order valence-electron chi connectivity index (χ1n) is 5.83. The molecule has 0 saturated carbocycles. The summed E-state index contributed by atoms with van der Waals surface area (Å²) in [6.07, 6.45) is 1.06. The van der Waals surface area contributed by atoms with Gasteiger partial charge in [-0.05, 0) is 64.3 Å². The molecule has 0 fully saturated rings. The summed E-state index contributed by atoms with van der Waals surface area (Å²) in [4.78, 5) is 2.44. The smallest absolute Gasteiger partial charge is 0.118 e. The molecule has 3 heteroatoms. The van der Waals surface area contributed by atoms with E-state index in [2.05, 4.69) is 53.2 Å². The van der Waals surface area contributed by atoms with E-state index in [-0.39, 0.29) is 0 Å². The summed E-state index contributed by atoms with van der Waals surface area (Å²) in [5.41, 5.74) is 1.35. The minimum Gasteiger partial charge on any atom is -0.497 e. The van der Waals surface area contributed by atoms with Crippen LogP contribution in [0.2, 0.25) is 0 Å². The summed E-state index contributed by atoms with van der Waals surface area (Å²) >= 11 is 5.38. The zero-order valence-electron chi connectivity index (χ0n) is 10.4. The second-order valence-corrected chi connectivity index (χ2v) is 5.87. The van der Waals surface area contributed by atoms with Crippen molar-refractivity contribution >= 4 is 27.7 Å². The Hall–Kier alpha value is -0.930. The van der Waals surface area contributed by atoms with Crippen LogP contribution in [0.3, 0.4) is 0 Å². The number of methoxy groups -OCH3 is 1. The van der Waals surface area contributed by atoms with Crippen LogP contribution in [0, 0.1) is 0 Å². The first kappa shape index (κ1) is 13.5. The Morgan fingerprint density at radius 2 is 1.83 bits per heavy atom. The molecule has 0 unspecified atom stereocenters. The minimum atomic E-state index is 0.889. The number of aryl methyl sites for hydroxylation is 1. The summed E-state index contributed by atoms with van der Waals surface area (Å²) in [5.74, 6) is 0.889. The Labute approximate surface area is 121 Å². The molecule has 0 amide bonds. The normalized spacial score (nSPS) is 10.4. The lowest BCUT2D eigenvalue weighted by atomic mass is 10.2. The number of hydrogen-bond acceptors (Lipinski definition) is 2. The second kappa shape index (κ2) is 6.30. The van der Waals surface area contributed by atoms with Gasteiger partial charge in [-0.25, -0.2) is 0 Å². The van der Waals surface area contributed by atoms with Crippen LogP contribution in [0.25, 0.3) is 0 Å². The monoisotopic (exact) mass is 322 g/mol. The maximum Gasteiger partial charge on any atom is 0.118 e. The summed E-state index contributed by atoms with van der Waals surface area (Å²) in [7, 11) is 1.68. The summed E-state index contributed by atoms with van der Waals surface area (Å²) in [5, 5.41) is 0. The fourth-order valence-electron chi connectivity index (χ4n) is 1.62. The average molecular weight is 323 g/mol. The predicted octanol–water partition coefficient (Wildman–Crippen LogP) is 5.17. The zero-order valence-corrected chi connectivity index (χ0v) is 12.8. The lowest BCUT2D eigenvalue weighted by molar-refractivity contribution is 0.414. The minimum absolute atomic E-state index is 0.889. The molecule has 0 heterocycles. The molecule has 0 N–H and O–H groups in total. The SMILES string of the molecule is CCc1ccc(Sc2ccc(OC)cc2)c(Br)c1. The van der Waals surface area contributed by atoms with Gasteiger partial charge in [0.15, 0.2) is 0 Å². The van der Waals surface area contributed by atoms with E-state index < -0.39 is 0 Å². The molecule has 0 aromatic heterocycles. The van der Waals surface area contributed by atoms with Gasteiger partial charge in [-0.3, -0.25) is 0 Å². The van der Waals surface area contributed by atoms with E-state index in [4.69, 9.17) is 4.74 Å². The van der Waals surface area contributed by atoms with Crippen LogP contribution in [0.4, 0.5) is 0 Å². The molecule has 0 saturated heterocycles. The van der Waals surface area contributed by atoms with E-state index >= 15 is 0 Å². The van der Waals surface area contributed by atoms with Gasteiger partial charge < -0.3 is 4.74 Å². The van der Waals surface area contributed by atoms with Gasteiger partial charge in [0.2, 0.25) is 0 Å².